The number of fused-ring (bicyclic) bond motifs is 1. The van der Waals surface area contributed by atoms with Crippen LogP contribution < -0.4 is 0 Å². The normalized spacial score (nSPS) is 19.6. The number of hydrogen-bond acceptors (Lipinski definition) is 4. The number of rotatable bonds is 4. The Bertz CT molecular complexity index is 1110. The van der Waals surface area contributed by atoms with Crippen LogP contribution in [-0.4, -0.2) is 29.3 Å². The Labute approximate surface area is 162 Å². The number of hydrogen-bond donors (Lipinski definition) is 1. The number of aliphatic hydroxyl groups is 1. The molecular weight excluding hydrogens is 419 g/mol. The standard InChI is InChI=1S/C18H15F5N2O3S/c1-9(7-24)29(27,28)14-8-25(10-2-3-12(19)11(6-10)17(20)21)13-4-5-18(22,23)16(26)15(13)14/h2-3,6,8-9,16-17,26H,4-5H2,1H3/t9?,16-/m0/s1. The number of aromatic nitrogens is 1. The van der Waals surface area contributed by atoms with Crippen LogP contribution in [0.3, 0.4) is 0 Å². The summed E-state index contributed by atoms with van der Waals surface area (Å²) in [6, 6.07) is 4.13. The lowest BCUT2D eigenvalue weighted by Gasteiger charge is -2.29. The number of halogens is 5. The summed E-state index contributed by atoms with van der Waals surface area (Å²) >= 11 is 0. The Morgan fingerprint density at radius 3 is 2.59 bits per heavy atom. The maximum Gasteiger partial charge on any atom is 0.278 e. The van der Waals surface area contributed by atoms with Crippen molar-refractivity contribution in [2.24, 2.45) is 0 Å². The highest BCUT2D eigenvalue weighted by Gasteiger charge is 2.48. The summed E-state index contributed by atoms with van der Waals surface area (Å²) in [4.78, 5) is -0.684. The second kappa shape index (κ2) is 7.11. The first-order valence-corrected chi connectivity index (χ1v) is 9.98. The molecule has 156 valence electrons. The third-order valence-electron chi connectivity index (χ3n) is 4.93. The number of nitriles is 1. The number of aliphatic hydroxyl groups excluding tert-OH is 1. The van der Waals surface area contributed by atoms with Gasteiger partial charge in [0.25, 0.3) is 12.3 Å². The van der Waals surface area contributed by atoms with Crippen molar-refractivity contribution >= 4 is 9.84 Å². The van der Waals surface area contributed by atoms with Gasteiger partial charge in [-0.3, -0.25) is 0 Å². The Morgan fingerprint density at radius 2 is 2.00 bits per heavy atom. The average Bonchev–Trinajstić information content (AvgIpc) is 3.05. The van der Waals surface area contributed by atoms with Gasteiger partial charge in [0.2, 0.25) is 0 Å². The van der Waals surface area contributed by atoms with Crippen molar-refractivity contribution in [1.29, 1.82) is 5.26 Å². The molecule has 0 radical (unpaired) electrons. The molecule has 2 atom stereocenters. The first-order valence-electron chi connectivity index (χ1n) is 8.43. The summed E-state index contributed by atoms with van der Waals surface area (Å²) in [6.07, 6.45) is -5.88. The number of benzene rings is 1. The molecule has 1 aromatic heterocycles. The molecule has 2 aromatic rings. The van der Waals surface area contributed by atoms with Crippen LogP contribution in [0.25, 0.3) is 5.69 Å². The average molecular weight is 434 g/mol. The van der Waals surface area contributed by atoms with Crippen LogP contribution in [0.1, 0.15) is 42.7 Å². The molecule has 0 aliphatic heterocycles. The zero-order valence-electron chi connectivity index (χ0n) is 14.9. The molecule has 1 aromatic carbocycles. The number of alkyl halides is 4. The fraction of sp³-hybridized carbons (Fsp3) is 0.389. The summed E-state index contributed by atoms with van der Waals surface area (Å²) in [5.41, 5.74) is -1.63. The van der Waals surface area contributed by atoms with E-state index in [1.165, 1.54) is 6.07 Å². The molecular formula is C18H15F5N2O3S. The molecule has 1 heterocycles. The fourth-order valence-electron chi connectivity index (χ4n) is 3.28. The summed E-state index contributed by atoms with van der Waals surface area (Å²) in [7, 11) is -4.43. The van der Waals surface area contributed by atoms with Gasteiger partial charge in [0, 0.05) is 29.6 Å². The Hall–Kier alpha value is -2.45. The van der Waals surface area contributed by atoms with Crippen molar-refractivity contribution in [2.75, 3.05) is 0 Å². The van der Waals surface area contributed by atoms with Gasteiger partial charge in [-0.15, -0.1) is 0 Å². The minimum Gasteiger partial charge on any atom is -0.382 e. The molecule has 5 nitrogen and oxygen atoms in total. The first kappa shape index (κ1) is 21.3. The number of nitrogens with zero attached hydrogens (tertiary/aromatic N) is 2. The highest BCUT2D eigenvalue weighted by atomic mass is 32.2. The third-order valence-corrected chi connectivity index (χ3v) is 6.90. The van der Waals surface area contributed by atoms with Crippen LogP contribution in [-0.2, 0) is 16.3 Å². The summed E-state index contributed by atoms with van der Waals surface area (Å²) in [6.45, 7) is 1.05. The minimum atomic E-state index is -4.43. The second-order valence-electron chi connectivity index (χ2n) is 6.71. The van der Waals surface area contributed by atoms with Crippen molar-refractivity contribution in [1.82, 2.24) is 4.57 Å². The van der Waals surface area contributed by atoms with Gasteiger partial charge >= 0.3 is 0 Å². The maximum atomic E-state index is 14.1. The predicted octanol–water partition coefficient (Wildman–Crippen LogP) is 3.85. The SMILES string of the molecule is CC(C#N)S(=O)(=O)c1cn(-c2ccc(F)c(C(F)F)c2)c2c1[C@H](O)C(F)(F)CC2. The van der Waals surface area contributed by atoms with E-state index in [4.69, 9.17) is 5.26 Å². The fourth-order valence-corrected chi connectivity index (χ4v) is 4.59. The molecule has 0 saturated heterocycles. The van der Waals surface area contributed by atoms with E-state index in [1.807, 2.05) is 0 Å². The molecule has 1 N–H and O–H groups in total. The van der Waals surface area contributed by atoms with Gasteiger partial charge in [0.15, 0.2) is 9.84 Å². The Kier molecular flexibility index (Phi) is 5.21. The maximum absolute atomic E-state index is 14.1. The van der Waals surface area contributed by atoms with Crippen molar-refractivity contribution < 1.29 is 35.5 Å². The molecule has 0 bridgehead atoms. The van der Waals surface area contributed by atoms with Gasteiger partial charge in [-0.2, -0.15) is 5.26 Å². The van der Waals surface area contributed by atoms with E-state index in [9.17, 15) is 35.5 Å². The third kappa shape index (κ3) is 3.40. The van der Waals surface area contributed by atoms with Crippen LogP contribution in [0.15, 0.2) is 29.3 Å². The minimum absolute atomic E-state index is 0.0287. The van der Waals surface area contributed by atoms with Crippen LogP contribution in [0, 0.1) is 17.1 Å². The zero-order chi connectivity index (χ0) is 21.7. The van der Waals surface area contributed by atoms with E-state index >= 15 is 0 Å². The van der Waals surface area contributed by atoms with E-state index in [1.54, 1.807) is 0 Å². The van der Waals surface area contributed by atoms with Crippen molar-refractivity contribution in [2.45, 2.75) is 48.4 Å². The van der Waals surface area contributed by atoms with E-state index in [0.717, 1.165) is 35.9 Å². The molecule has 0 saturated carbocycles. The molecule has 11 heteroatoms. The van der Waals surface area contributed by atoms with E-state index in [0.29, 0.717) is 0 Å². The van der Waals surface area contributed by atoms with Crippen LogP contribution in [0.2, 0.25) is 0 Å². The van der Waals surface area contributed by atoms with Gasteiger partial charge in [0.05, 0.1) is 16.5 Å². The Morgan fingerprint density at radius 1 is 1.34 bits per heavy atom. The summed E-state index contributed by atoms with van der Waals surface area (Å²) in [5.74, 6) is -4.79. The highest BCUT2D eigenvalue weighted by molar-refractivity contribution is 7.92. The second-order valence-corrected chi connectivity index (χ2v) is 8.95. The van der Waals surface area contributed by atoms with Crippen LogP contribution in [0.4, 0.5) is 22.0 Å². The summed E-state index contributed by atoms with van der Waals surface area (Å²) < 4.78 is 94.4. The molecule has 1 aliphatic carbocycles. The van der Waals surface area contributed by atoms with Gasteiger partial charge in [0.1, 0.15) is 17.2 Å². The van der Waals surface area contributed by atoms with Crippen LogP contribution in [0.5, 0.6) is 0 Å². The van der Waals surface area contributed by atoms with Crippen molar-refractivity contribution in [3.05, 3.63) is 47.0 Å². The Balaban J connectivity index is 2.31. The summed E-state index contributed by atoms with van der Waals surface area (Å²) in [5, 5.41) is 17.5. The van der Waals surface area contributed by atoms with Crippen LogP contribution >= 0.6 is 0 Å². The molecule has 0 spiro atoms. The molecule has 1 unspecified atom stereocenters. The largest absolute Gasteiger partial charge is 0.382 e. The van der Waals surface area contributed by atoms with E-state index < -0.39 is 61.8 Å². The van der Waals surface area contributed by atoms with E-state index in [-0.39, 0.29) is 17.8 Å². The smallest absolute Gasteiger partial charge is 0.278 e. The zero-order valence-corrected chi connectivity index (χ0v) is 15.7. The lowest BCUT2D eigenvalue weighted by molar-refractivity contribution is -0.123. The van der Waals surface area contributed by atoms with Crippen molar-refractivity contribution in [3.8, 4) is 11.8 Å². The van der Waals surface area contributed by atoms with Gasteiger partial charge < -0.3 is 9.67 Å². The molecule has 0 fully saturated rings. The quantitative estimate of drug-likeness (QED) is 0.741. The van der Waals surface area contributed by atoms with Crippen molar-refractivity contribution in [3.63, 3.8) is 0 Å². The monoisotopic (exact) mass is 434 g/mol. The lowest BCUT2D eigenvalue weighted by atomic mass is 9.91. The van der Waals surface area contributed by atoms with Gasteiger partial charge in [-0.05, 0) is 31.5 Å². The first-order chi connectivity index (χ1) is 13.4. The predicted molar refractivity (Wildman–Crippen MR) is 91.2 cm³/mol. The highest BCUT2D eigenvalue weighted by Crippen LogP contribution is 2.46. The molecule has 1 aliphatic rings. The molecule has 0 amide bonds. The molecule has 29 heavy (non-hydrogen) atoms. The van der Waals surface area contributed by atoms with E-state index in [2.05, 4.69) is 0 Å². The molecule has 3 rings (SSSR count). The number of sulfone groups is 1. The lowest BCUT2D eigenvalue weighted by Crippen LogP contribution is -2.33. The topological polar surface area (TPSA) is 83.1 Å². The van der Waals surface area contributed by atoms with Gasteiger partial charge in [-0.25, -0.2) is 30.4 Å². The van der Waals surface area contributed by atoms with Gasteiger partial charge in [-0.1, -0.05) is 0 Å².